The van der Waals surface area contributed by atoms with Gasteiger partial charge in [0, 0.05) is 20.1 Å². The molecule has 0 aromatic heterocycles. The number of rotatable bonds is 4. The van der Waals surface area contributed by atoms with Crippen LogP contribution in [-0.4, -0.2) is 47.0 Å². The number of carboxylic acid groups (broad SMARTS) is 1. The first-order chi connectivity index (χ1) is 7.52. The van der Waals surface area contributed by atoms with Crippen molar-refractivity contribution in [3.05, 3.63) is 0 Å². The Morgan fingerprint density at radius 1 is 1.44 bits per heavy atom. The summed E-state index contributed by atoms with van der Waals surface area (Å²) in [6, 6.07) is 0. The number of amides is 2. The molecule has 6 heteroatoms. The van der Waals surface area contributed by atoms with E-state index in [2.05, 4.69) is 0 Å². The minimum atomic E-state index is -1.04. The molecule has 0 bridgehead atoms. The van der Waals surface area contributed by atoms with Crippen molar-refractivity contribution < 1.29 is 24.2 Å². The Hall–Kier alpha value is -1.43. The number of imide groups is 1. The number of carbonyl (C=O) groups is 3. The molecule has 90 valence electrons. The van der Waals surface area contributed by atoms with Gasteiger partial charge in [-0.2, -0.15) is 0 Å². The van der Waals surface area contributed by atoms with Crippen LogP contribution in [0, 0.1) is 0 Å². The maximum Gasteiger partial charge on any atom is 0.305 e. The van der Waals surface area contributed by atoms with E-state index in [1.165, 1.54) is 6.92 Å². The highest BCUT2D eigenvalue weighted by Crippen LogP contribution is 2.15. The summed E-state index contributed by atoms with van der Waals surface area (Å²) in [6.45, 7) is 1.67. The maximum atomic E-state index is 11.8. The molecule has 16 heavy (non-hydrogen) atoms. The van der Waals surface area contributed by atoms with E-state index in [1.54, 1.807) is 0 Å². The molecule has 2 amide bonds. The molecule has 1 atom stereocenters. The third-order valence-electron chi connectivity index (χ3n) is 2.40. The van der Waals surface area contributed by atoms with Crippen molar-refractivity contribution in [1.82, 2.24) is 4.90 Å². The van der Waals surface area contributed by atoms with Gasteiger partial charge in [-0.15, -0.1) is 0 Å². The van der Waals surface area contributed by atoms with Crippen LogP contribution in [-0.2, 0) is 19.1 Å². The molecule has 1 N–H and O–H groups in total. The Kier molecular flexibility index (Phi) is 4.42. The zero-order chi connectivity index (χ0) is 12.1. The van der Waals surface area contributed by atoms with Crippen molar-refractivity contribution in [2.45, 2.75) is 32.3 Å². The van der Waals surface area contributed by atoms with Gasteiger partial charge in [-0.25, -0.2) is 0 Å². The Labute approximate surface area is 93.2 Å². The number of ether oxygens (including phenoxy) is 1. The van der Waals surface area contributed by atoms with E-state index in [0.717, 1.165) is 11.3 Å². The third-order valence-corrected chi connectivity index (χ3v) is 2.40. The number of hydrogen-bond donors (Lipinski definition) is 1. The minimum absolute atomic E-state index is 0.0939. The van der Waals surface area contributed by atoms with Gasteiger partial charge >= 0.3 is 5.97 Å². The normalized spacial score (nSPS) is 19.4. The predicted molar refractivity (Wildman–Crippen MR) is 53.6 cm³/mol. The summed E-state index contributed by atoms with van der Waals surface area (Å²) >= 11 is 0. The van der Waals surface area contributed by atoms with Crippen LogP contribution in [0.2, 0.25) is 0 Å². The van der Waals surface area contributed by atoms with Crippen molar-refractivity contribution in [2.75, 3.05) is 13.2 Å². The molecule has 1 unspecified atom stereocenters. The van der Waals surface area contributed by atoms with Gasteiger partial charge in [-0.3, -0.25) is 19.3 Å². The van der Waals surface area contributed by atoms with Crippen LogP contribution >= 0.6 is 0 Å². The molecule has 0 aromatic rings. The minimum Gasteiger partial charge on any atom is -0.481 e. The van der Waals surface area contributed by atoms with Crippen LogP contribution < -0.4 is 0 Å². The monoisotopic (exact) mass is 229 g/mol. The highest BCUT2D eigenvalue weighted by atomic mass is 16.5. The fraction of sp³-hybridized carbons (Fsp3) is 0.700. The zero-order valence-corrected chi connectivity index (χ0v) is 9.14. The lowest BCUT2D eigenvalue weighted by atomic mass is 10.2. The Morgan fingerprint density at radius 3 is 2.56 bits per heavy atom. The summed E-state index contributed by atoms with van der Waals surface area (Å²) in [5, 5.41) is 8.51. The molecular formula is C10H15NO5. The Morgan fingerprint density at radius 2 is 2.12 bits per heavy atom. The molecule has 0 radical (unpaired) electrons. The summed E-state index contributed by atoms with van der Waals surface area (Å²) in [5.41, 5.74) is 0. The molecule has 0 saturated carbocycles. The zero-order valence-electron chi connectivity index (χ0n) is 9.14. The quantitative estimate of drug-likeness (QED) is 0.734. The molecule has 1 saturated heterocycles. The topological polar surface area (TPSA) is 83.9 Å². The van der Waals surface area contributed by atoms with Gasteiger partial charge < -0.3 is 9.84 Å². The Balaban J connectivity index is 2.57. The molecule has 0 aliphatic carbocycles. The lowest BCUT2D eigenvalue weighted by molar-refractivity contribution is -0.150. The summed E-state index contributed by atoms with van der Waals surface area (Å²) < 4.78 is 5.16. The summed E-state index contributed by atoms with van der Waals surface area (Å²) in [5.74, 6) is -1.90. The van der Waals surface area contributed by atoms with Gasteiger partial charge in [-0.05, 0) is 12.8 Å². The lowest BCUT2D eigenvalue weighted by Crippen LogP contribution is -2.42. The predicted octanol–water partition coefficient (Wildman–Crippen LogP) is 0.0152. The fourth-order valence-electron chi connectivity index (χ4n) is 1.58. The molecule has 0 spiro atoms. The van der Waals surface area contributed by atoms with Crippen molar-refractivity contribution in [3.63, 3.8) is 0 Å². The second-order valence-electron chi connectivity index (χ2n) is 3.65. The maximum absolute atomic E-state index is 11.8. The van der Waals surface area contributed by atoms with E-state index in [-0.39, 0.29) is 13.0 Å². The second-order valence-corrected chi connectivity index (χ2v) is 3.65. The van der Waals surface area contributed by atoms with Gasteiger partial charge in [0.1, 0.15) is 6.10 Å². The molecule has 1 rings (SSSR count). The van der Waals surface area contributed by atoms with Crippen molar-refractivity contribution in [2.24, 2.45) is 0 Å². The van der Waals surface area contributed by atoms with Gasteiger partial charge in [0.25, 0.3) is 5.91 Å². The van der Waals surface area contributed by atoms with Crippen LogP contribution in [0.3, 0.4) is 0 Å². The first-order valence-electron chi connectivity index (χ1n) is 5.17. The first kappa shape index (κ1) is 12.6. The lowest BCUT2D eigenvalue weighted by Gasteiger charge is -2.21. The molecule has 0 aromatic carbocycles. The van der Waals surface area contributed by atoms with Crippen LogP contribution in [0.15, 0.2) is 0 Å². The Bertz CT molecular complexity index is 296. The molecule has 1 aliphatic heterocycles. The highest BCUT2D eigenvalue weighted by molar-refractivity contribution is 5.96. The van der Waals surface area contributed by atoms with Crippen LogP contribution in [0.5, 0.6) is 0 Å². The fourth-order valence-corrected chi connectivity index (χ4v) is 1.58. The first-order valence-corrected chi connectivity index (χ1v) is 5.17. The van der Waals surface area contributed by atoms with E-state index in [4.69, 9.17) is 9.84 Å². The molecular weight excluding hydrogens is 214 g/mol. The largest absolute Gasteiger partial charge is 0.481 e. The molecule has 1 fully saturated rings. The van der Waals surface area contributed by atoms with Crippen molar-refractivity contribution in [1.29, 1.82) is 0 Å². The van der Waals surface area contributed by atoms with Crippen LogP contribution in [0.25, 0.3) is 0 Å². The van der Waals surface area contributed by atoms with Crippen LogP contribution in [0.4, 0.5) is 0 Å². The second kappa shape index (κ2) is 5.60. The van der Waals surface area contributed by atoms with Gasteiger partial charge in [0.2, 0.25) is 5.91 Å². The van der Waals surface area contributed by atoms with Crippen molar-refractivity contribution in [3.8, 4) is 0 Å². The van der Waals surface area contributed by atoms with Crippen LogP contribution in [0.1, 0.15) is 26.2 Å². The van der Waals surface area contributed by atoms with E-state index < -0.39 is 23.9 Å². The number of carbonyl (C=O) groups excluding carboxylic acids is 2. The van der Waals surface area contributed by atoms with Crippen molar-refractivity contribution >= 4 is 17.8 Å². The van der Waals surface area contributed by atoms with E-state index in [9.17, 15) is 14.4 Å². The average Bonchev–Trinajstić information content (AvgIpc) is 2.69. The number of nitrogens with zero attached hydrogens (tertiary/aromatic N) is 1. The third kappa shape index (κ3) is 3.30. The summed E-state index contributed by atoms with van der Waals surface area (Å²) in [6.07, 6.45) is 0.562. The number of carboxylic acids is 1. The highest BCUT2D eigenvalue weighted by Gasteiger charge is 2.30. The average molecular weight is 229 g/mol. The number of hydrogen-bond acceptors (Lipinski definition) is 4. The molecule has 1 aliphatic rings. The summed E-state index contributed by atoms with van der Waals surface area (Å²) in [7, 11) is 0. The van der Waals surface area contributed by atoms with E-state index in [0.29, 0.717) is 13.0 Å². The van der Waals surface area contributed by atoms with E-state index in [1.807, 2.05) is 0 Å². The van der Waals surface area contributed by atoms with Gasteiger partial charge in [0.15, 0.2) is 0 Å². The summed E-state index contributed by atoms with van der Waals surface area (Å²) in [4.78, 5) is 34.3. The SMILES string of the molecule is CC(=O)N(CCC(=O)O)C(=O)C1CCCO1. The van der Waals surface area contributed by atoms with Gasteiger partial charge in [0.05, 0.1) is 6.42 Å². The van der Waals surface area contributed by atoms with Gasteiger partial charge in [-0.1, -0.05) is 0 Å². The molecule has 1 heterocycles. The standard InChI is InChI=1S/C10H15NO5/c1-7(12)11(5-4-9(13)14)10(15)8-3-2-6-16-8/h8H,2-6H2,1H3,(H,13,14). The molecule has 6 nitrogen and oxygen atoms in total. The number of aliphatic carboxylic acids is 1. The van der Waals surface area contributed by atoms with E-state index >= 15 is 0 Å². The smallest absolute Gasteiger partial charge is 0.305 e.